The van der Waals surface area contributed by atoms with Gasteiger partial charge in [-0.15, -0.1) is 11.3 Å². The van der Waals surface area contributed by atoms with E-state index in [9.17, 15) is 19.2 Å². The zero-order valence-corrected chi connectivity index (χ0v) is 16.8. The lowest BCUT2D eigenvalue weighted by molar-refractivity contribution is -0.119. The van der Waals surface area contributed by atoms with Crippen molar-refractivity contribution in [2.24, 2.45) is 0 Å². The molecule has 3 rings (SSSR count). The van der Waals surface area contributed by atoms with Gasteiger partial charge in [0.1, 0.15) is 5.00 Å². The summed E-state index contributed by atoms with van der Waals surface area (Å²) in [6.45, 7) is 0.893. The van der Waals surface area contributed by atoms with Gasteiger partial charge in [0.25, 0.3) is 5.91 Å². The molecule has 1 aliphatic rings. The molecule has 8 nitrogen and oxygen atoms in total. The van der Waals surface area contributed by atoms with Crippen molar-refractivity contribution in [1.82, 2.24) is 0 Å². The summed E-state index contributed by atoms with van der Waals surface area (Å²) in [5, 5.41) is 5.66. The predicted octanol–water partition coefficient (Wildman–Crippen LogP) is 2.78. The zero-order valence-electron chi connectivity index (χ0n) is 16.0. The Morgan fingerprint density at radius 2 is 1.76 bits per heavy atom. The predicted molar refractivity (Wildman–Crippen MR) is 107 cm³/mol. The number of hydrogen-bond acceptors (Lipinski definition) is 7. The standard InChI is InChI=1S/C20H20N2O6S/c1-11(23)21-13-8-6-12(7-9-13)19(25)28-10-16(24)22-18-17(20(26)27-2)14-4-3-5-15(14)29-18/h6-9H,3-5,10H2,1-2H3,(H,21,23)(H,22,24). The normalized spacial score (nSPS) is 12.1. The summed E-state index contributed by atoms with van der Waals surface area (Å²) in [4.78, 5) is 48.5. The molecule has 0 aliphatic heterocycles. The maximum absolute atomic E-state index is 12.2. The maximum Gasteiger partial charge on any atom is 0.341 e. The van der Waals surface area contributed by atoms with Crippen LogP contribution in [0.3, 0.4) is 0 Å². The largest absolute Gasteiger partial charge is 0.465 e. The van der Waals surface area contributed by atoms with E-state index >= 15 is 0 Å². The number of fused-ring (bicyclic) bond motifs is 1. The highest BCUT2D eigenvalue weighted by atomic mass is 32.1. The van der Waals surface area contributed by atoms with Crippen LogP contribution in [0.1, 0.15) is 44.5 Å². The first kappa shape index (κ1) is 20.5. The van der Waals surface area contributed by atoms with Crippen molar-refractivity contribution in [1.29, 1.82) is 0 Å². The average Bonchev–Trinajstić information content (AvgIpc) is 3.26. The van der Waals surface area contributed by atoms with Gasteiger partial charge in [0.2, 0.25) is 5.91 Å². The lowest BCUT2D eigenvalue weighted by Crippen LogP contribution is -2.21. The molecule has 1 aromatic heterocycles. The van der Waals surface area contributed by atoms with Crippen LogP contribution in [0.5, 0.6) is 0 Å². The Hall–Kier alpha value is -3.20. The van der Waals surface area contributed by atoms with E-state index in [4.69, 9.17) is 9.47 Å². The second-order valence-corrected chi connectivity index (χ2v) is 7.54. The highest BCUT2D eigenvalue weighted by Gasteiger charge is 2.28. The zero-order chi connectivity index (χ0) is 21.0. The number of hydrogen-bond donors (Lipinski definition) is 2. The van der Waals surface area contributed by atoms with E-state index in [0.29, 0.717) is 16.3 Å². The van der Waals surface area contributed by atoms with Gasteiger partial charge >= 0.3 is 11.9 Å². The van der Waals surface area contributed by atoms with Crippen LogP contribution in [0.25, 0.3) is 0 Å². The fourth-order valence-corrected chi connectivity index (χ4v) is 4.37. The van der Waals surface area contributed by atoms with E-state index in [2.05, 4.69) is 10.6 Å². The van der Waals surface area contributed by atoms with E-state index in [0.717, 1.165) is 29.7 Å². The van der Waals surface area contributed by atoms with E-state index < -0.39 is 24.5 Å². The lowest BCUT2D eigenvalue weighted by atomic mass is 10.1. The molecule has 1 aromatic carbocycles. The summed E-state index contributed by atoms with van der Waals surface area (Å²) in [5.74, 6) is -1.92. The summed E-state index contributed by atoms with van der Waals surface area (Å²) >= 11 is 1.35. The summed E-state index contributed by atoms with van der Waals surface area (Å²) < 4.78 is 9.87. The molecule has 29 heavy (non-hydrogen) atoms. The first-order valence-corrected chi connectivity index (χ1v) is 9.78. The molecule has 1 aliphatic carbocycles. The van der Waals surface area contributed by atoms with Crippen LogP contribution in [-0.2, 0) is 31.9 Å². The molecule has 1 heterocycles. The average molecular weight is 416 g/mol. The van der Waals surface area contributed by atoms with Crippen LogP contribution >= 0.6 is 11.3 Å². The number of methoxy groups -OCH3 is 1. The first-order valence-electron chi connectivity index (χ1n) is 8.96. The molecule has 0 spiro atoms. The van der Waals surface area contributed by atoms with Crippen molar-refractivity contribution < 1.29 is 28.7 Å². The van der Waals surface area contributed by atoms with E-state index in [1.54, 1.807) is 12.1 Å². The second kappa shape index (κ2) is 8.87. The number of rotatable bonds is 6. The molecule has 0 saturated heterocycles. The highest BCUT2D eigenvalue weighted by Crippen LogP contribution is 2.39. The van der Waals surface area contributed by atoms with E-state index in [1.165, 1.54) is 37.5 Å². The number of amides is 2. The molecule has 2 aromatic rings. The number of nitrogens with one attached hydrogen (secondary N) is 2. The molecular weight excluding hydrogens is 396 g/mol. The third kappa shape index (κ3) is 4.80. The fraction of sp³-hybridized carbons (Fsp3) is 0.300. The quantitative estimate of drug-likeness (QED) is 0.701. The Morgan fingerprint density at radius 1 is 1.03 bits per heavy atom. The molecule has 9 heteroatoms. The Morgan fingerprint density at radius 3 is 2.41 bits per heavy atom. The minimum absolute atomic E-state index is 0.220. The summed E-state index contributed by atoms with van der Waals surface area (Å²) in [6.07, 6.45) is 2.61. The molecule has 0 bridgehead atoms. The van der Waals surface area contributed by atoms with Gasteiger partial charge in [0.05, 0.1) is 18.2 Å². The van der Waals surface area contributed by atoms with Crippen molar-refractivity contribution in [2.75, 3.05) is 24.4 Å². The maximum atomic E-state index is 12.2. The van der Waals surface area contributed by atoms with Gasteiger partial charge in [-0.25, -0.2) is 9.59 Å². The van der Waals surface area contributed by atoms with Gasteiger partial charge in [-0.05, 0) is 49.1 Å². The van der Waals surface area contributed by atoms with Crippen molar-refractivity contribution in [2.45, 2.75) is 26.2 Å². The number of ether oxygens (including phenoxy) is 2. The molecule has 2 N–H and O–H groups in total. The van der Waals surface area contributed by atoms with Gasteiger partial charge < -0.3 is 20.1 Å². The molecular formula is C20H20N2O6S. The second-order valence-electron chi connectivity index (χ2n) is 6.44. The van der Waals surface area contributed by atoms with Crippen molar-refractivity contribution in [3.63, 3.8) is 0 Å². The highest BCUT2D eigenvalue weighted by molar-refractivity contribution is 7.17. The first-order chi connectivity index (χ1) is 13.9. The van der Waals surface area contributed by atoms with E-state index in [1.807, 2.05) is 0 Å². The topological polar surface area (TPSA) is 111 Å². The van der Waals surface area contributed by atoms with Crippen molar-refractivity contribution in [3.05, 3.63) is 45.8 Å². The monoisotopic (exact) mass is 416 g/mol. The Balaban J connectivity index is 1.60. The van der Waals surface area contributed by atoms with Crippen LogP contribution in [-0.4, -0.2) is 37.5 Å². The lowest BCUT2D eigenvalue weighted by Gasteiger charge is -2.08. The van der Waals surface area contributed by atoms with Crippen molar-refractivity contribution in [3.8, 4) is 0 Å². The number of aryl methyl sites for hydroxylation is 1. The van der Waals surface area contributed by atoms with Gasteiger partial charge in [0.15, 0.2) is 6.61 Å². The Bertz CT molecular complexity index is 964. The third-order valence-electron chi connectivity index (χ3n) is 4.34. The van der Waals surface area contributed by atoms with Crippen LogP contribution in [0, 0.1) is 0 Å². The third-order valence-corrected chi connectivity index (χ3v) is 5.55. The minimum atomic E-state index is -0.670. The number of thiophene rings is 1. The number of carbonyl (C=O) groups excluding carboxylic acids is 4. The molecule has 0 fully saturated rings. The number of anilines is 2. The van der Waals surface area contributed by atoms with Crippen LogP contribution < -0.4 is 10.6 Å². The Kier molecular flexibility index (Phi) is 6.28. The van der Waals surface area contributed by atoms with Crippen LogP contribution in [0.2, 0.25) is 0 Å². The van der Waals surface area contributed by atoms with E-state index in [-0.39, 0.29) is 11.5 Å². The molecule has 0 atom stereocenters. The molecule has 152 valence electrons. The number of carbonyl (C=O) groups is 4. The van der Waals surface area contributed by atoms with Gasteiger partial charge in [-0.1, -0.05) is 0 Å². The van der Waals surface area contributed by atoms with Gasteiger partial charge in [0, 0.05) is 17.5 Å². The smallest absolute Gasteiger partial charge is 0.341 e. The summed E-state index contributed by atoms with van der Waals surface area (Å²) in [7, 11) is 1.30. The molecule has 0 saturated carbocycles. The molecule has 0 unspecified atom stereocenters. The minimum Gasteiger partial charge on any atom is -0.465 e. The SMILES string of the molecule is COC(=O)c1c(NC(=O)COC(=O)c2ccc(NC(C)=O)cc2)sc2c1CCC2. The Labute approximate surface area is 171 Å². The summed E-state index contributed by atoms with van der Waals surface area (Å²) in [5.41, 5.74) is 2.11. The van der Waals surface area contributed by atoms with Gasteiger partial charge in [-0.3, -0.25) is 9.59 Å². The molecule has 0 radical (unpaired) electrons. The van der Waals surface area contributed by atoms with Crippen LogP contribution in [0.15, 0.2) is 24.3 Å². The molecule has 2 amide bonds. The van der Waals surface area contributed by atoms with Crippen LogP contribution in [0.4, 0.5) is 10.7 Å². The van der Waals surface area contributed by atoms with Gasteiger partial charge in [-0.2, -0.15) is 0 Å². The van der Waals surface area contributed by atoms with Crippen molar-refractivity contribution >= 4 is 45.8 Å². The number of benzene rings is 1. The summed E-state index contributed by atoms with van der Waals surface area (Å²) in [6, 6.07) is 6.11. The number of esters is 2. The fourth-order valence-electron chi connectivity index (χ4n) is 3.08.